The molecule has 0 saturated carbocycles. The van der Waals surface area contributed by atoms with E-state index in [1.807, 2.05) is 0 Å². The van der Waals surface area contributed by atoms with Gasteiger partial charge in [0, 0.05) is 13.1 Å². The van der Waals surface area contributed by atoms with Crippen LogP contribution < -0.4 is 0 Å². The Hall–Kier alpha value is -0.620. The fourth-order valence-corrected chi connectivity index (χ4v) is 3.12. The lowest BCUT2D eigenvalue weighted by atomic mass is 10.2. The van der Waals surface area contributed by atoms with Gasteiger partial charge in [0.05, 0.1) is 0 Å². The molecule has 0 aromatic heterocycles. The van der Waals surface area contributed by atoms with E-state index >= 15 is 0 Å². The molecule has 0 spiro atoms. The van der Waals surface area contributed by atoms with E-state index in [0.29, 0.717) is 13.1 Å². The zero-order valence-electron chi connectivity index (χ0n) is 8.85. The summed E-state index contributed by atoms with van der Waals surface area (Å²) in [5, 5.41) is 7.38. The SMILES string of the molecule is CC(C(=O)O)S(=O)(=O)N1CCCCCC1. The predicted octanol–water partition coefficient (Wildman–Crippen LogP) is 0.665. The lowest BCUT2D eigenvalue weighted by molar-refractivity contribution is -0.136. The number of aliphatic carboxylic acids is 1. The minimum absolute atomic E-state index is 0.458. The molecule has 1 fully saturated rings. The molecule has 0 radical (unpaired) electrons. The summed E-state index contributed by atoms with van der Waals surface area (Å²) in [5.41, 5.74) is 0. The van der Waals surface area contributed by atoms with E-state index in [9.17, 15) is 13.2 Å². The zero-order chi connectivity index (χ0) is 11.5. The van der Waals surface area contributed by atoms with Crippen LogP contribution in [0, 0.1) is 0 Å². The molecule has 15 heavy (non-hydrogen) atoms. The van der Waals surface area contributed by atoms with Crippen LogP contribution in [0.4, 0.5) is 0 Å². The molecule has 1 N–H and O–H groups in total. The van der Waals surface area contributed by atoms with Crippen molar-refractivity contribution in [3.63, 3.8) is 0 Å². The zero-order valence-corrected chi connectivity index (χ0v) is 9.66. The summed E-state index contributed by atoms with van der Waals surface area (Å²) < 4.78 is 25.0. The van der Waals surface area contributed by atoms with E-state index in [0.717, 1.165) is 25.7 Å². The number of rotatable bonds is 3. The van der Waals surface area contributed by atoms with E-state index in [-0.39, 0.29) is 0 Å². The predicted molar refractivity (Wildman–Crippen MR) is 56.1 cm³/mol. The van der Waals surface area contributed by atoms with Gasteiger partial charge in [-0.05, 0) is 19.8 Å². The standard InChI is InChI=1S/C9H17NO4S/c1-8(9(11)12)15(13,14)10-6-4-2-3-5-7-10/h8H,2-7H2,1H3,(H,11,12). The van der Waals surface area contributed by atoms with Crippen molar-refractivity contribution in [2.45, 2.75) is 37.9 Å². The van der Waals surface area contributed by atoms with E-state index in [1.54, 1.807) is 0 Å². The van der Waals surface area contributed by atoms with Crippen LogP contribution >= 0.6 is 0 Å². The highest BCUT2D eigenvalue weighted by Gasteiger charge is 2.33. The van der Waals surface area contributed by atoms with Crippen molar-refractivity contribution in [3.8, 4) is 0 Å². The van der Waals surface area contributed by atoms with Gasteiger partial charge in [0.15, 0.2) is 5.25 Å². The second kappa shape index (κ2) is 4.94. The summed E-state index contributed by atoms with van der Waals surface area (Å²) in [6.07, 6.45) is 3.69. The summed E-state index contributed by atoms with van der Waals surface area (Å²) in [5.74, 6) is -1.28. The smallest absolute Gasteiger partial charge is 0.323 e. The van der Waals surface area contributed by atoms with Crippen LogP contribution in [0.5, 0.6) is 0 Å². The molecule has 1 heterocycles. The van der Waals surface area contributed by atoms with Gasteiger partial charge in [-0.25, -0.2) is 12.7 Å². The van der Waals surface area contributed by atoms with Gasteiger partial charge in [0.1, 0.15) is 0 Å². The lowest BCUT2D eigenvalue weighted by Gasteiger charge is -2.22. The summed E-state index contributed by atoms with van der Waals surface area (Å²) in [6.45, 7) is 2.14. The van der Waals surface area contributed by atoms with E-state index in [1.165, 1.54) is 11.2 Å². The molecule has 0 aromatic rings. The van der Waals surface area contributed by atoms with Gasteiger partial charge >= 0.3 is 5.97 Å². The number of carboxylic acids is 1. The highest BCUT2D eigenvalue weighted by Crippen LogP contribution is 2.16. The van der Waals surface area contributed by atoms with E-state index in [4.69, 9.17) is 5.11 Å². The van der Waals surface area contributed by atoms with Crippen LogP contribution in [0.3, 0.4) is 0 Å². The third kappa shape index (κ3) is 2.92. The molecule has 88 valence electrons. The molecule has 1 aliphatic heterocycles. The Morgan fingerprint density at radius 2 is 1.67 bits per heavy atom. The van der Waals surface area contributed by atoms with Gasteiger partial charge in [-0.2, -0.15) is 0 Å². The maximum atomic E-state index is 11.8. The molecule has 0 amide bonds. The third-order valence-corrected chi connectivity index (χ3v) is 4.90. The largest absolute Gasteiger partial charge is 0.480 e. The summed E-state index contributed by atoms with van der Waals surface area (Å²) in [6, 6.07) is 0. The van der Waals surface area contributed by atoms with Crippen molar-refractivity contribution in [1.29, 1.82) is 0 Å². The van der Waals surface area contributed by atoms with Crippen LogP contribution in [0.2, 0.25) is 0 Å². The first kappa shape index (κ1) is 12.4. The Kier molecular flexibility index (Phi) is 4.10. The minimum atomic E-state index is -3.65. The first-order valence-electron chi connectivity index (χ1n) is 5.18. The molecule has 1 rings (SSSR count). The Labute approximate surface area is 90.1 Å². The van der Waals surface area contributed by atoms with Crippen LogP contribution in [-0.2, 0) is 14.8 Å². The number of sulfonamides is 1. The fourth-order valence-electron chi connectivity index (χ4n) is 1.65. The van der Waals surface area contributed by atoms with Crippen LogP contribution in [0.25, 0.3) is 0 Å². The van der Waals surface area contributed by atoms with Crippen molar-refractivity contribution in [2.75, 3.05) is 13.1 Å². The van der Waals surface area contributed by atoms with Gasteiger partial charge in [-0.3, -0.25) is 4.79 Å². The molecule has 0 bridgehead atoms. The van der Waals surface area contributed by atoms with Gasteiger partial charge < -0.3 is 5.11 Å². The third-order valence-electron chi connectivity index (χ3n) is 2.72. The molecule has 6 heteroatoms. The maximum absolute atomic E-state index is 11.8. The van der Waals surface area contributed by atoms with Crippen molar-refractivity contribution in [2.24, 2.45) is 0 Å². The van der Waals surface area contributed by atoms with Crippen molar-refractivity contribution < 1.29 is 18.3 Å². The molecule has 1 aliphatic rings. The number of nitrogens with zero attached hydrogens (tertiary/aromatic N) is 1. The topological polar surface area (TPSA) is 74.7 Å². The Bertz CT molecular complexity index is 317. The minimum Gasteiger partial charge on any atom is -0.480 e. The average Bonchev–Trinajstić information content (AvgIpc) is 2.44. The second-order valence-corrected chi connectivity index (χ2v) is 6.09. The Morgan fingerprint density at radius 3 is 2.07 bits per heavy atom. The molecular weight excluding hydrogens is 218 g/mol. The molecule has 1 saturated heterocycles. The van der Waals surface area contributed by atoms with Crippen molar-refractivity contribution in [1.82, 2.24) is 4.31 Å². The molecule has 1 unspecified atom stereocenters. The summed E-state index contributed by atoms with van der Waals surface area (Å²) in [7, 11) is -3.65. The number of hydrogen-bond donors (Lipinski definition) is 1. The average molecular weight is 235 g/mol. The molecule has 5 nitrogen and oxygen atoms in total. The number of hydrogen-bond acceptors (Lipinski definition) is 3. The molecular formula is C9H17NO4S. The summed E-state index contributed by atoms with van der Waals surface area (Å²) >= 11 is 0. The molecule has 0 aliphatic carbocycles. The molecule has 1 atom stereocenters. The first-order valence-corrected chi connectivity index (χ1v) is 6.68. The lowest BCUT2D eigenvalue weighted by Crippen LogP contribution is -2.41. The van der Waals surface area contributed by atoms with Gasteiger partial charge in [-0.1, -0.05) is 12.8 Å². The summed E-state index contributed by atoms with van der Waals surface area (Å²) in [4.78, 5) is 10.7. The fraction of sp³-hybridized carbons (Fsp3) is 0.889. The normalized spacial score (nSPS) is 21.9. The van der Waals surface area contributed by atoms with Crippen LogP contribution in [-0.4, -0.2) is 42.1 Å². The Morgan fingerprint density at radius 1 is 1.20 bits per heavy atom. The Balaban J connectivity index is 2.79. The quantitative estimate of drug-likeness (QED) is 0.780. The van der Waals surface area contributed by atoms with E-state index < -0.39 is 21.2 Å². The van der Waals surface area contributed by atoms with Crippen LogP contribution in [0.1, 0.15) is 32.6 Å². The van der Waals surface area contributed by atoms with Crippen molar-refractivity contribution in [3.05, 3.63) is 0 Å². The van der Waals surface area contributed by atoms with Gasteiger partial charge in [0.2, 0.25) is 10.0 Å². The van der Waals surface area contributed by atoms with Gasteiger partial charge in [-0.15, -0.1) is 0 Å². The first-order chi connectivity index (χ1) is 6.96. The second-order valence-electron chi connectivity index (χ2n) is 3.84. The van der Waals surface area contributed by atoms with Gasteiger partial charge in [0.25, 0.3) is 0 Å². The number of carbonyl (C=O) groups is 1. The molecule has 0 aromatic carbocycles. The van der Waals surface area contributed by atoms with Crippen molar-refractivity contribution >= 4 is 16.0 Å². The monoisotopic (exact) mass is 235 g/mol. The van der Waals surface area contributed by atoms with E-state index in [2.05, 4.69) is 0 Å². The van der Waals surface area contributed by atoms with Crippen LogP contribution in [0.15, 0.2) is 0 Å². The maximum Gasteiger partial charge on any atom is 0.323 e. The highest BCUT2D eigenvalue weighted by molar-refractivity contribution is 7.90. The number of carboxylic acid groups (broad SMARTS) is 1. The highest BCUT2D eigenvalue weighted by atomic mass is 32.2.